The molecule has 4 nitrogen and oxygen atoms in total. The largest absolute Gasteiger partial charge is 0.312 e. The highest BCUT2D eigenvalue weighted by Crippen LogP contribution is 2.41. The Morgan fingerprint density at radius 3 is 2.52 bits per heavy atom. The predicted octanol–water partition coefficient (Wildman–Crippen LogP) is 3.94. The van der Waals surface area contributed by atoms with Gasteiger partial charge in [-0.1, -0.05) is 6.07 Å². The molecule has 0 bridgehead atoms. The molecule has 2 saturated heterocycles. The standard InChI is InChI=1S/C22H26FN3O/c1-17-4-7-19(24-14-17)15-25-12-2-10-22(16-25)11-3-13-26(21(22)27)20-8-5-18(23)6-9-20/h4-9,14H,2-3,10-13,15-16H2,1H3. The van der Waals surface area contributed by atoms with Gasteiger partial charge in [-0.3, -0.25) is 14.7 Å². The molecule has 142 valence electrons. The second-order valence-electron chi connectivity index (χ2n) is 7.96. The van der Waals surface area contributed by atoms with Crippen LogP contribution in [0.3, 0.4) is 0 Å². The van der Waals surface area contributed by atoms with E-state index in [-0.39, 0.29) is 17.1 Å². The van der Waals surface area contributed by atoms with E-state index in [2.05, 4.69) is 22.0 Å². The van der Waals surface area contributed by atoms with Gasteiger partial charge >= 0.3 is 0 Å². The molecule has 2 aliphatic heterocycles. The molecule has 4 rings (SSSR count). The number of nitrogens with zero attached hydrogens (tertiary/aromatic N) is 3. The number of carbonyl (C=O) groups is 1. The Labute approximate surface area is 160 Å². The van der Waals surface area contributed by atoms with Crippen molar-refractivity contribution < 1.29 is 9.18 Å². The van der Waals surface area contributed by atoms with Gasteiger partial charge in [0.2, 0.25) is 5.91 Å². The Balaban J connectivity index is 1.51. The summed E-state index contributed by atoms with van der Waals surface area (Å²) in [7, 11) is 0. The number of likely N-dealkylation sites (tertiary alicyclic amines) is 1. The van der Waals surface area contributed by atoms with Crippen molar-refractivity contribution in [2.45, 2.75) is 39.2 Å². The van der Waals surface area contributed by atoms with Crippen molar-refractivity contribution in [2.75, 3.05) is 24.5 Å². The van der Waals surface area contributed by atoms with Crippen molar-refractivity contribution in [3.63, 3.8) is 0 Å². The number of rotatable bonds is 3. The first kappa shape index (κ1) is 18.1. The number of hydrogen-bond acceptors (Lipinski definition) is 3. The van der Waals surface area contributed by atoms with E-state index in [0.717, 1.165) is 62.3 Å². The Bertz CT molecular complexity index is 801. The smallest absolute Gasteiger partial charge is 0.234 e. The molecular weight excluding hydrogens is 341 g/mol. The Morgan fingerprint density at radius 1 is 1.07 bits per heavy atom. The number of carbonyl (C=O) groups excluding carboxylic acids is 1. The number of piperidine rings is 2. The van der Waals surface area contributed by atoms with Crippen LogP contribution in [0.2, 0.25) is 0 Å². The van der Waals surface area contributed by atoms with Gasteiger partial charge in [0.1, 0.15) is 5.82 Å². The lowest BCUT2D eigenvalue weighted by Gasteiger charge is -2.47. The predicted molar refractivity (Wildman–Crippen MR) is 104 cm³/mol. The highest BCUT2D eigenvalue weighted by Gasteiger charge is 2.46. The van der Waals surface area contributed by atoms with Gasteiger partial charge in [-0.05, 0) is 75.0 Å². The van der Waals surface area contributed by atoms with Crippen molar-refractivity contribution in [1.82, 2.24) is 9.88 Å². The molecule has 1 atom stereocenters. The zero-order chi connectivity index (χ0) is 18.9. The van der Waals surface area contributed by atoms with Crippen molar-refractivity contribution >= 4 is 11.6 Å². The molecule has 2 aromatic rings. The topological polar surface area (TPSA) is 36.4 Å². The third-order valence-corrected chi connectivity index (χ3v) is 5.89. The van der Waals surface area contributed by atoms with Crippen LogP contribution in [0, 0.1) is 18.2 Å². The summed E-state index contributed by atoms with van der Waals surface area (Å²) in [6.07, 6.45) is 5.77. The fourth-order valence-corrected chi connectivity index (χ4v) is 4.50. The van der Waals surface area contributed by atoms with E-state index in [1.54, 1.807) is 12.1 Å². The van der Waals surface area contributed by atoms with Gasteiger partial charge in [0.25, 0.3) is 0 Å². The Kier molecular flexibility index (Phi) is 4.96. The second-order valence-corrected chi connectivity index (χ2v) is 7.96. The Hall–Kier alpha value is -2.27. The summed E-state index contributed by atoms with van der Waals surface area (Å²) in [6.45, 7) is 5.31. The van der Waals surface area contributed by atoms with Gasteiger partial charge in [-0.2, -0.15) is 0 Å². The highest BCUT2D eigenvalue weighted by atomic mass is 19.1. The molecule has 1 spiro atoms. The third kappa shape index (κ3) is 3.74. The SMILES string of the molecule is Cc1ccc(CN2CCCC3(CCCN(c4ccc(F)cc4)C3=O)C2)nc1. The summed E-state index contributed by atoms with van der Waals surface area (Å²) >= 11 is 0. The fraction of sp³-hybridized carbons (Fsp3) is 0.455. The van der Waals surface area contributed by atoms with Crippen LogP contribution in [0.15, 0.2) is 42.6 Å². The summed E-state index contributed by atoms with van der Waals surface area (Å²) in [5.74, 6) is -0.0747. The van der Waals surface area contributed by atoms with Gasteiger partial charge in [-0.15, -0.1) is 0 Å². The van der Waals surface area contributed by atoms with Crippen LogP contribution >= 0.6 is 0 Å². The minimum Gasteiger partial charge on any atom is -0.312 e. The molecule has 0 radical (unpaired) electrons. The van der Waals surface area contributed by atoms with E-state index in [0.29, 0.717) is 6.54 Å². The highest BCUT2D eigenvalue weighted by molar-refractivity contribution is 5.98. The van der Waals surface area contributed by atoms with Crippen molar-refractivity contribution in [2.24, 2.45) is 5.41 Å². The average Bonchev–Trinajstić information content (AvgIpc) is 2.67. The van der Waals surface area contributed by atoms with Crippen LogP contribution in [0.5, 0.6) is 0 Å². The van der Waals surface area contributed by atoms with Crippen LogP contribution in [0.1, 0.15) is 36.9 Å². The van der Waals surface area contributed by atoms with Gasteiger partial charge in [-0.25, -0.2) is 4.39 Å². The number of anilines is 1. The van der Waals surface area contributed by atoms with E-state index in [1.165, 1.54) is 12.1 Å². The van der Waals surface area contributed by atoms with Crippen LogP contribution in [-0.2, 0) is 11.3 Å². The number of benzene rings is 1. The van der Waals surface area contributed by atoms with E-state index >= 15 is 0 Å². The van der Waals surface area contributed by atoms with Crippen LogP contribution < -0.4 is 4.90 Å². The first-order chi connectivity index (χ1) is 13.1. The minimum atomic E-state index is -0.324. The summed E-state index contributed by atoms with van der Waals surface area (Å²) in [5, 5.41) is 0. The van der Waals surface area contributed by atoms with Crippen LogP contribution in [0.25, 0.3) is 0 Å². The summed E-state index contributed by atoms with van der Waals surface area (Å²) in [6, 6.07) is 10.4. The van der Waals surface area contributed by atoms with Crippen LogP contribution in [-0.4, -0.2) is 35.4 Å². The van der Waals surface area contributed by atoms with Gasteiger partial charge in [0.15, 0.2) is 0 Å². The lowest BCUT2D eigenvalue weighted by molar-refractivity contribution is -0.134. The normalized spacial score (nSPS) is 23.8. The van der Waals surface area contributed by atoms with Crippen molar-refractivity contribution in [3.05, 3.63) is 59.7 Å². The summed E-state index contributed by atoms with van der Waals surface area (Å²) in [4.78, 5) is 22.2. The van der Waals surface area contributed by atoms with Gasteiger partial charge in [0.05, 0.1) is 11.1 Å². The zero-order valence-corrected chi connectivity index (χ0v) is 15.8. The molecule has 3 heterocycles. The molecule has 1 aromatic carbocycles. The third-order valence-electron chi connectivity index (χ3n) is 5.89. The summed E-state index contributed by atoms with van der Waals surface area (Å²) < 4.78 is 13.3. The molecule has 1 aromatic heterocycles. The number of halogens is 1. The van der Waals surface area contributed by atoms with E-state index in [1.807, 2.05) is 18.0 Å². The maximum absolute atomic E-state index is 13.4. The molecule has 2 fully saturated rings. The number of aromatic nitrogens is 1. The van der Waals surface area contributed by atoms with E-state index in [9.17, 15) is 9.18 Å². The molecule has 5 heteroatoms. The number of hydrogen-bond donors (Lipinski definition) is 0. The number of amides is 1. The molecule has 1 unspecified atom stereocenters. The maximum Gasteiger partial charge on any atom is 0.234 e. The second kappa shape index (κ2) is 7.39. The monoisotopic (exact) mass is 367 g/mol. The van der Waals surface area contributed by atoms with Gasteiger partial charge < -0.3 is 4.90 Å². The van der Waals surface area contributed by atoms with E-state index in [4.69, 9.17) is 0 Å². The molecule has 0 N–H and O–H groups in total. The molecule has 2 aliphatic rings. The van der Waals surface area contributed by atoms with Gasteiger partial charge in [0, 0.05) is 31.5 Å². The first-order valence-electron chi connectivity index (χ1n) is 9.77. The fourth-order valence-electron chi connectivity index (χ4n) is 4.50. The van der Waals surface area contributed by atoms with E-state index < -0.39 is 0 Å². The van der Waals surface area contributed by atoms with Crippen molar-refractivity contribution in [1.29, 1.82) is 0 Å². The number of pyridine rings is 1. The maximum atomic E-state index is 13.4. The number of aryl methyl sites for hydroxylation is 1. The quantitative estimate of drug-likeness (QED) is 0.824. The molecule has 27 heavy (non-hydrogen) atoms. The van der Waals surface area contributed by atoms with Crippen molar-refractivity contribution in [3.8, 4) is 0 Å². The average molecular weight is 367 g/mol. The zero-order valence-electron chi connectivity index (χ0n) is 15.8. The molecule has 0 aliphatic carbocycles. The Morgan fingerprint density at radius 2 is 1.81 bits per heavy atom. The first-order valence-corrected chi connectivity index (χ1v) is 9.77. The minimum absolute atomic E-state index is 0.196. The van der Waals surface area contributed by atoms with Crippen LogP contribution in [0.4, 0.5) is 10.1 Å². The summed E-state index contributed by atoms with van der Waals surface area (Å²) in [5.41, 5.74) is 2.69. The molecule has 1 amide bonds. The lowest BCUT2D eigenvalue weighted by atomic mass is 9.72. The molecular formula is C22H26FN3O. The molecule has 0 saturated carbocycles. The lowest BCUT2D eigenvalue weighted by Crippen LogP contribution is -2.56.